The zero-order valence-electron chi connectivity index (χ0n) is 22.0. The number of hydrogen-bond donors (Lipinski definition) is 0. The molecule has 1 aromatic rings. The van der Waals surface area contributed by atoms with Crippen LogP contribution in [0.3, 0.4) is 0 Å². The second kappa shape index (κ2) is 14.7. The number of unbranched alkanes of at least 4 members (excludes halogenated alkanes) is 3. The first kappa shape index (κ1) is 29.4. The van der Waals surface area contributed by atoms with Crippen molar-refractivity contribution in [1.82, 2.24) is 0 Å². The lowest BCUT2D eigenvalue weighted by molar-refractivity contribution is -0.139. The Kier molecular flexibility index (Phi) is 12.0. The van der Waals surface area contributed by atoms with E-state index in [0.29, 0.717) is 12.0 Å². The zero-order valence-corrected chi connectivity index (χ0v) is 23.1. The normalized spacial score (nSPS) is 25.2. The molecule has 0 atom stereocenters. The van der Waals surface area contributed by atoms with Crippen molar-refractivity contribution < 1.29 is 26.7 Å². The topological polar surface area (TPSA) is 9.23 Å². The van der Waals surface area contributed by atoms with Crippen LogP contribution in [0.25, 0.3) is 0 Å². The molecule has 36 heavy (non-hydrogen) atoms. The molecule has 1 aromatic carbocycles. The van der Waals surface area contributed by atoms with E-state index in [-0.39, 0.29) is 0 Å². The van der Waals surface area contributed by atoms with E-state index in [1.165, 1.54) is 76.3 Å². The van der Waals surface area contributed by atoms with Crippen molar-refractivity contribution in [1.29, 1.82) is 0 Å². The molecule has 1 aliphatic heterocycles. The fraction of sp³-hybridized carbons (Fsp3) is 0.793. The maximum absolute atomic E-state index is 14.2. The van der Waals surface area contributed by atoms with Gasteiger partial charge in [-0.1, -0.05) is 82.8 Å². The van der Waals surface area contributed by atoms with Crippen LogP contribution in [0.1, 0.15) is 96.0 Å². The highest BCUT2D eigenvalue weighted by Crippen LogP contribution is 2.42. The highest BCUT2D eigenvalue weighted by Gasteiger charge is 2.31. The Labute approximate surface area is 216 Å². The second-order valence-corrected chi connectivity index (χ2v) is 14.9. The van der Waals surface area contributed by atoms with Crippen LogP contribution >= 0.6 is 0 Å². The molecule has 0 N–H and O–H groups in total. The van der Waals surface area contributed by atoms with Gasteiger partial charge in [0.1, 0.15) is 0 Å². The zero-order chi connectivity index (χ0) is 26.0. The molecule has 0 aromatic heterocycles. The summed E-state index contributed by atoms with van der Waals surface area (Å²) in [6.45, 7) is 1.50. The number of hydrogen-bond acceptors (Lipinski definition) is 1. The lowest BCUT2D eigenvalue weighted by atomic mass is 9.73. The lowest BCUT2D eigenvalue weighted by Crippen LogP contribution is -2.28. The van der Waals surface area contributed by atoms with Crippen molar-refractivity contribution in [3.05, 3.63) is 29.3 Å². The van der Waals surface area contributed by atoms with Crippen molar-refractivity contribution in [2.24, 2.45) is 17.8 Å². The Balaban J connectivity index is 1.30. The molecule has 206 valence electrons. The van der Waals surface area contributed by atoms with Crippen LogP contribution in [0.4, 0.5) is 22.0 Å². The summed E-state index contributed by atoms with van der Waals surface area (Å²) >= 11 is 0. The Morgan fingerprint density at radius 2 is 1.50 bits per heavy atom. The molecule has 0 amide bonds. The van der Waals surface area contributed by atoms with E-state index in [1.807, 2.05) is 0 Å². The van der Waals surface area contributed by atoms with Gasteiger partial charge in [-0.25, -0.2) is 8.78 Å². The summed E-state index contributed by atoms with van der Waals surface area (Å²) in [6.07, 6.45) is 10.6. The van der Waals surface area contributed by atoms with Gasteiger partial charge in [0.2, 0.25) is 0 Å². The van der Waals surface area contributed by atoms with Gasteiger partial charge in [-0.3, -0.25) is 0 Å². The van der Waals surface area contributed by atoms with Crippen LogP contribution in [0, 0.1) is 29.4 Å². The molecule has 1 aliphatic carbocycles. The first-order chi connectivity index (χ1) is 17.2. The van der Waals surface area contributed by atoms with Gasteiger partial charge in [0.25, 0.3) is 0 Å². The molecule has 1 saturated heterocycles. The van der Waals surface area contributed by atoms with E-state index in [4.69, 9.17) is 4.74 Å². The van der Waals surface area contributed by atoms with Crippen molar-refractivity contribution in [2.45, 2.75) is 121 Å². The van der Waals surface area contributed by atoms with Gasteiger partial charge in [-0.15, -0.1) is 0 Å². The summed E-state index contributed by atoms with van der Waals surface area (Å²) in [5.74, 6) is 0.123. The van der Waals surface area contributed by atoms with Gasteiger partial charge in [0.15, 0.2) is 17.4 Å². The SMILES string of the molecule is CCCCC[Si@H]1CC[C@H]([C@H]2CC[C@H](CCCCc3cc(F)c(OCCC(F)(F)F)c(F)c3)CC2)CC1. The molecule has 0 spiro atoms. The summed E-state index contributed by atoms with van der Waals surface area (Å²) < 4.78 is 69.7. The molecular weight excluding hydrogens is 487 g/mol. The molecule has 2 fully saturated rings. The Morgan fingerprint density at radius 1 is 0.861 bits per heavy atom. The molecule has 0 radical (unpaired) electrons. The summed E-state index contributed by atoms with van der Waals surface area (Å²) in [5.41, 5.74) is 0.533. The average Bonchev–Trinajstić information content (AvgIpc) is 2.84. The Morgan fingerprint density at radius 3 is 2.11 bits per heavy atom. The highest BCUT2D eigenvalue weighted by atomic mass is 28.3. The molecule has 0 bridgehead atoms. The fourth-order valence-electron chi connectivity index (χ4n) is 6.51. The van der Waals surface area contributed by atoms with Gasteiger partial charge >= 0.3 is 6.18 Å². The van der Waals surface area contributed by atoms with E-state index in [1.54, 1.807) is 18.1 Å². The monoisotopic (exact) mass is 532 g/mol. The quantitative estimate of drug-likeness (QED) is 0.140. The fourth-order valence-corrected chi connectivity index (χ4v) is 10.0. The standard InChI is InChI=1S/C29H45F5OSi/c1-2-3-6-17-36-18-13-25(14-19-36)24-11-9-22(10-12-24)7-4-5-8-23-20-26(30)28(27(31)21-23)35-16-15-29(32,33)34/h20-22,24-25,36H,2-19H2,1H3/t22-,24-,25-,36-. The third-order valence-corrected chi connectivity index (χ3v) is 12.2. The molecule has 1 heterocycles. The summed E-state index contributed by atoms with van der Waals surface area (Å²) in [7, 11) is -0.424. The van der Waals surface area contributed by atoms with Gasteiger partial charge in [-0.2, -0.15) is 13.2 Å². The highest BCUT2D eigenvalue weighted by molar-refractivity contribution is 6.58. The third-order valence-electron chi connectivity index (χ3n) is 8.68. The van der Waals surface area contributed by atoms with Crippen LogP contribution in [-0.2, 0) is 6.42 Å². The van der Waals surface area contributed by atoms with Gasteiger partial charge in [0.05, 0.1) is 13.0 Å². The summed E-state index contributed by atoms with van der Waals surface area (Å²) in [5, 5.41) is 0. The molecule has 1 saturated carbocycles. The van der Waals surface area contributed by atoms with Crippen LogP contribution < -0.4 is 4.74 Å². The summed E-state index contributed by atoms with van der Waals surface area (Å²) in [4.78, 5) is 0. The smallest absolute Gasteiger partial charge is 0.392 e. The maximum atomic E-state index is 14.2. The Bertz CT molecular complexity index is 744. The number of ether oxygens (including phenoxy) is 1. The molecule has 0 unspecified atom stereocenters. The number of halogens is 5. The first-order valence-corrected chi connectivity index (χ1v) is 16.9. The van der Waals surface area contributed by atoms with Gasteiger partial charge in [0, 0.05) is 8.80 Å². The minimum absolute atomic E-state index is 0.424. The number of aryl methyl sites for hydroxylation is 1. The minimum atomic E-state index is -4.42. The lowest BCUT2D eigenvalue weighted by Gasteiger charge is -2.37. The molecule has 3 rings (SSSR count). The van der Waals surface area contributed by atoms with Crippen LogP contribution in [0.15, 0.2) is 12.1 Å². The van der Waals surface area contributed by atoms with E-state index in [0.717, 1.165) is 30.6 Å². The maximum Gasteiger partial charge on any atom is 0.392 e. The van der Waals surface area contributed by atoms with Crippen molar-refractivity contribution in [3.8, 4) is 5.75 Å². The Hall–Kier alpha value is -1.11. The molecular formula is C29H45F5OSi. The summed E-state index contributed by atoms with van der Waals surface area (Å²) in [6, 6.07) is 7.12. The number of rotatable bonds is 13. The van der Waals surface area contributed by atoms with Gasteiger partial charge in [-0.05, 0) is 61.1 Å². The molecule has 2 aliphatic rings. The van der Waals surface area contributed by atoms with E-state index >= 15 is 0 Å². The average molecular weight is 533 g/mol. The van der Waals surface area contributed by atoms with Crippen LogP contribution in [-0.4, -0.2) is 21.6 Å². The van der Waals surface area contributed by atoms with Gasteiger partial charge < -0.3 is 4.74 Å². The predicted molar refractivity (Wildman–Crippen MR) is 139 cm³/mol. The minimum Gasteiger partial charge on any atom is -0.487 e. The molecule has 7 heteroatoms. The first-order valence-electron chi connectivity index (χ1n) is 14.4. The number of alkyl halides is 3. The van der Waals surface area contributed by atoms with E-state index < -0.39 is 45.4 Å². The third kappa shape index (κ3) is 9.98. The number of benzene rings is 1. The predicted octanol–water partition coefficient (Wildman–Crippen LogP) is 9.64. The molecule has 1 nitrogen and oxygen atoms in total. The van der Waals surface area contributed by atoms with Crippen molar-refractivity contribution in [2.75, 3.05) is 6.61 Å². The second-order valence-electron chi connectivity index (χ2n) is 11.4. The van der Waals surface area contributed by atoms with Crippen molar-refractivity contribution in [3.63, 3.8) is 0 Å². The van der Waals surface area contributed by atoms with Crippen molar-refractivity contribution >= 4 is 8.80 Å². The van der Waals surface area contributed by atoms with Crippen LogP contribution in [0.5, 0.6) is 5.75 Å². The van der Waals surface area contributed by atoms with E-state index in [9.17, 15) is 22.0 Å². The van der Waals surface area contributed by atoms with Crippen LogP contribution in [0.2, 0.25) is 18.1 Å². The largest absolute Gasteiger partial charge is 0.487 e. The van der Waals surface area contributed by atoms with E-state index in [2.05, 4.69) is 6.92 Å².